The summed E-state index contributed by atoms with van der Waals surface area (Å²) in [5, 5.41) is 27.9. The van der Waals surface area contributed by atoms with Gasteiger partial charge in [-0.2, -0.15) is 5.26 Å². The van der Waals surface area contributed by atoms with Gasteiger partial charge in [-0.15, -0.1) is 5.10 Å². The van der Waals surface area contributed by atoms with Crippen molar-refractivity contribution in [2.24, 2.45) is 5.73 Å². The zero-order valence-corrected chi connectivity index (χ0v) is 13.8. The van der Waals surface area contributed by atoms with Gasteiger partial charge in [-0.1, -0.05) is 12.1 Å². The molecule has 3 N–H and O–H groups in total. The summed E-state index contributed by atoms with van der Waals surface area (Å²) in [6.45, 7) is 0. The third-order valence-electron chi connectivity index (χ3n) is 4.32. The van der Waals surface area contributed by atoms with Crippen LogP contribution >= 0.6 is 0 Å². The second-order valence-electron chi connectivity index (χ2n) is 5.83. The number of allylic oxidation sites excluding steroid dienone is 1. The molecule has 0 saturated heterocycles. The van der Waals surface area contributed by atoms with Gasteiger partial charge in [-0.05, 0) is 17.7 Å². The molecule has 9 heteroatoms. The van der Waals surface area contributed by atoms with Crippen LogP contribution in [0, 0.1) is 21.4 Å². The molecule has 27 heavy (non-hydrogen) atoms. The van der Waals surface area contributed by atoms with Crippen LogP contribution in [0.4, 0.5) is 5.69 Å². The van der Waals surface area contributed by atoms with Gasteiger partial charge in [0.05, 0.1) is 22.1 Å². The molecule has 0 bridgehead atoms. The average Bonchev–Trinajstić information content (AvgIpc) is 3.11. The molecule has 132 valence electrons. The normalized spacial score (nSPS) is 15.6. The van der Waals surface area contributed by atoms with E-state index in [9.17, 15) is 15.4 Å². The maximum atomic E-state index is 11.2. The Morgan fingerprint density at radius 2 is 2.07 bits per heavy atom. The van der Waals surface area contributed by atoms with Gasteiger partial charge in [0, 0.05) is 30.1 Å². The number of nitrogens with one attached hydrogen (secondary N) is 1. The van der Waals surface area contributed by atoms with E-state index in [1.807, 2.05) is 0 Å². The fourth-order valence-electron chi connectivity index (χ4n) is 3.13. The van der Waals surface area contributed by atoms with Crippen LogP contribution < -0.4 is 10.5 Å². The zero-order valence-electron chi connectivity index (χ0n) is 13.8. The van der Waals surface area contributed by atoms with Crippen LogP contribution in [-0.4, -0.2) is 20.1 Å². The number of rotatable bonds is 3. The molecular formula is C18H12N6O3. The molecule has 0 saturated carbocycles. The van der Waals surface area contributed by atoms with Crippen molar-refractivity contribution in [1.82, 2.24) is 15.2 Å². The van der Waals surface area contributed by atoms with Crippen molar-refractivity contribution in [2.45, 2.75) is 5.92 Å². The quantitative estimate of drug-likeness (QED) is 0.539. The van der Waals surface area contributed by atoms with Gasteiger partial charge in [-0.25, -0.2) is 0 Å². The van der Waals surface area contributed by atoms with Crippen molar-refractivity contribution in [1.29, 1.82) is 5.26 Å². The number of ether oxygens (including phenoxy) is 1. The minimum atomic E-state index is -0.652. The van der Waals surface area contributed by atoms with Crippen LogP contribution in [0.1, 0.15) is 17.0 Å². The Balaban J connectivity index is 1.96. The minimum Gasteiger partial charge on any atom is -0.420 e. The van der Waals surface area contributed by atoms with E-state index >= 15 is 0 Å². The van der Waals surface area contributed by atoms with Crippen molar-refractivity contribution in [3.8, 4) is 23.2 Å². The van der Waals surface area contributed by atoms with Crippen LogP contribution in [0.25, 0.3) is 11.3 Å². The maximum Gasteiger partial charge on any atom is 0.269 e. The lowest BCUT2D eigenvalue weighted by Gasteiger charge is -2.24. The van der Waals surface area contributed by atoms with Crippen LogP contribution in [0.3, 0.4) is 0 Å². The van der Waals surface area contributed by atoms with Gasteiger partial charge in [0.1, 0.15) is 11.6 Å². The van der Waals surface area contributed by atoms with E-state index in [4.69, 9.17) is 10.5 Å². The predicted octanol–water partition coefficient (Wildman–Crippen LogP) is 2.60. The van der Waals surface area contributed by atoms with Gasteiger partial charge in [0.25, 0.3) is 5.69 Å². The summed E-state index contributed by atoms with van der Waals surface area (Å²) in [5.74, 6) is -0.496. The van der Waals surface area contributed by atoms with Crippen LogP contribution in [0.5, 0.6) is 5.88 Å². The van der Waals surface area contributed by atoms with Gasteiger partial charge in [0.15, 0.2) is 0 Å². The zero-order chi connectivity index (χ0) is 19.0. The van der Waals surface area contributed by atoms with Crippen molar-refractivity contribution < 1.29 is 9.66 Å². The molecule has 0 amide bonds. The lowest BCUT2D eigenvalue weighted by molar-refractivity contribution is -0.384. The Bertz CT molecular complexity index is 1110. The molecule has 3 heterocycles. The number of hydrogen-bond donors (Lipinski definition) is 2. The molecule has 3 aromatic rings. The average molecular weight is 360 g/mol. The van der Waals surface area contributed by atoms with E-state index in [0.717, 1.165) is 5.56 Å². The second-order valence-corrected chi connectivity index (χ2v) is 5.83. The monoisotopic (exact) mass is 360 g/mol. The molecule has 0 spiro atoms. The van der Waals surface area contributed by atoms with E-state index in [1.165, 1.54) is 12.1 Å². The standard InChI is InChI=1S/C18H12N6O3/c19-9-13-14(11-2-1-3-12(8-11)24(25)26)15-16(10-4-6-21-7-5-10)22-23-18(15)27-17(13)20/h1-8,14H,20H2,(H,22,23). The lowest BCUT2D eigenvalue weighted by atomic mass is 9.83. The molecule has 1 aliphatic rings. The minimum absolute atomic E-state index is 0.0747. The first-order valence-corrected chi connectivity index (χ1v) is 7.90. The molecule has 0 fully saturated rings. The predicted molar refractivity (Wildman–Crippen MR) is 94.2 cm³/mol. The van der Waals surface area contributed by atoms with Crippen molar-refractivity contribution in [2.75, 3.05) is 0 Å². The number of H-pyrrole nitrogens is 1. The van der Waals surface area contributed by atoms with Gasteiger partial charge in [0.2, 0.25) is 11.8 Å². The number of nitrogens with zero attached hydrogens (tertiary/aromatic N) is 4. The Labute approximate surface area is 152 Å². The number of nitrogens with two attached hydrogens (primary N) is 1. The smallest absolute Gasteiger partial charge is 0.269 e. The maximum absolute atomic E-state index is 11.2. The largest absolute Gasteiger partial charge is 0.420 e. The Morgan fingerprint density at radius 1 is 1.30 bits per heavy atom. The third kappa shape index (κ3) is 2.65. The Hall–Kier alpha value is -4.19. The van der Waals surface area contributed by atoms with Crippen molar-refractivity contribution >= 4 is 5.69 Å². The van der Waals surface area contributed by atoms with Crippen molar-refractivity contribution in [3.05, 3.63) is 81.5 Å². The van der Waals surface area contributed by atoms with Crippen molar-refractivity contribution in [3.63, 3.8) is 0 Å². The summed E-state index contributed by atoms with van der Waals surface area (Å²) >= 11 is 0. The first-order valence-electron chi connectivity index (χ1n) is 7.90. The number of aromatic nitrogens is 3. The number of aromatic amines is 1. The molecule has 2 aromatic heterocycles. The molecule has 9 nitrogen and oxygen atoms in total. The first-order chi connectivity index (χ1) is 13.1. The molecule has 1 aliphatic heterocycles. The highest BCUT2D eigenvalue weighted by molar-refractivity contribution is 5.70. The highest BCUT2D eigenvalue weighted by atomic mass is 16.6. The molecule has 0 aliphatic carbocycles. The number of benzene rings is 1. The Kier molecular flexibility index (Phi) is 3.78. The fourth-order valence-corrected chi connectivity index (χ4v) is 3.13. The lowest BCUT2D eigenvalue weighted by Crippen LogP contribution is -2.21. The summed E-state index contributed by atoms with van der Waals surface area (Å²) < 4.78 is 5.51. The summed E-state index contributed by atoms with van der Waals surface area (Å²) in [4.78, 5) is 14.7. The van der Waals surface area contributed by atoms with Crippen LogP contribution in [-0.2, 0) is 0 Å². The highest BCUT2D eigenvalue weighted by Gasteiger charge is 2.36. The van der Waals surface area contributed by atoms with E-state index in [0.29, 0.717) is 16.8 Å². The van der Waals surface area contributed by atoms with E-state index in [-0.39, 0.29) is 23.0 Å². The summed E-state index contributed by atoms with van der Waals surface area (Å²) in [5.41, 5.74) is 8.56. The number of nitriles is 1. The first kappa shape index (κ1) is 16.3. The van der Waals surface area contributed by atoms with Gasteiger partial charge >= 0.3 is 0 Å². The third-order valence-corrected chi connectivity index (χ3v) is 4.32. The van der Waals surface area contributed by atoms with Crippen LogP contribution in [0.15, 0.2) is 60.2 Å². The number of pyridine rings is 1. The molecule has 0 radical (unpaired) electrons. The number of nitro benzene ring substituents is 1. The summed E-state index contributed by atoms with van der Waals surface area (Å²) in [6, 6.07) is 11.7. The van der Waals surface area contributed by atoms with Gasteiger partial charge < -0.3 is 10.5 Å². The van der Waals surface area contributed by atoms with Crippen LogP contribution in [0.2, 0.25) is 0 Å². The highest BCUT2D eigenvalue weighted by Crippen LogP contribution is 2.45. The molecule has 1 unspecified atom stereocenters. The SMILES string of the molecule is N#CC1=C(N)Oc2n[nH]c(-c3ccncc3)c2C1c1cccc([N+](=O)[O-])c1. The topological polar surface area (TPSA) is 144 Å². The number of non-ortho nitro benzene ring substituents is 1. The number of hydrogen-bond acceptors (Lipinski definition) is 7. The molecule has 1 aromatic carbocycles. The van der Waals surface area contributed by atoms with E-state index < -0.39 is 10.8 Å². The summed E-state index contributed by atoms with van der Waals surface area (Å²) in [6.07, 6.45) is 3.26. The van der Waals surface area contributed by atoms with E-state index in [1.54, 1.807) is 36.7 Å². The molecule has 1 atom stereocenters. The Morgan fingerprint density at radius 3 is 2.78 bits per heavy atom. The number of fused-ring (bicyclic) bond motifs is 1. The van der Waals surface area contributed by atoms with Gasteiger partial charge in [-0.3, -0.25) is 20.2 Å². The number of nitro groups is 1. The fraction of sp³-hybridized carbons (Fsp3) is 0.0556. The summed E-state index contributed by atoms with van der Waals surface area (Å²) in [7, 11) is 0. The second kappa shape index (κ2) is 6.27. The molecular weight excluding hydrogens is 348 g/mol. The molecule has 4 rings (SSSR count). The van der Waals surface area contributed by atoms with E-state index in [2.05, 4.69) is 21.3 Å².